The number of fused-ring (bicyclic) bond motifs is 1. The third-order valence-electron chi connectivity index (χ3n) is 3.16. The van der Waals surface area contributed by atoms with Crippen molar-refractivity contribution in [3.8, 4) is 0 Å². The van der Waals surface area contributed by atoms with Crippen LogP contribution in [0.4, 0.5) is 11.4 Å². The maximum Gasteiger partial charge on any atom is 0.294 e. The van der Waals surface area contributed by atoms with Crippen molar-refractivity contribution < 1.29 is 9.72 Å². The van der Waals surface area contributed by atoms with Crippen LogP contribution in [0.1, 0.15) is 0 Å². The summed E-state index contributed by atoms with van der Waals surface area (Å²) in [6.07, 6.45) is 1.58. The fourth-order valence-electron chi connectivity index (χ4n) is 2.08. The minimum Gasteiger partial charge on any atom is -0.320 e. The SMILES string of the molecule is O=C(CSc1nnc2c(Cl)cc(Cl)cn12)Nc1ccc(Cl)cc1[N+](=O)[O-]. The third kappa shape index (κ3) is 4.01. The predicted octanol–water partition coefficient (Wildman–Crippen LogP) is 4.33. The van der Waals surface area contributed by atoms with Crippen LogP contribution < -0.4 is 5.32 Å². The number of nitro groups is 1. The summed E-state index contributed by atoms with van der Waals surface area (Å²) in [6, 6.07) is 5.52. The molecule has 0 aliphatic heterocycles. The van der Waals surface area contributed by atoms with Crippen LogP contribution >= 0.6 is 46.6 Å². The van der Waals surface area contributed by atoms with Crippen molar-refractivity contribution in [3.63, 3.8) is 0 Å². The van der Waals surface area contributed by atoms with E-state index < -0.39 is 10.8 Å². The van der Waals surface area contributed by atoms with Gasteiger partial charge in [-0.3, -0.25) is 19.3 Å². The van der Waals surface area contributed by atoms with Crippen molar-refractivity contribution in [2.45, 2.75) is 5.16 Å². The molecular weight excluding hydrogens is 425 g/mol. The standard InChI is InChI=1S/C14H8Cl3N5O3S/c15-7-1-2-10(11(4-7)22(24)25)18-12(23)6-26-14-20-19-13-9(17)3-8(16)5-21(13)14/h1-5H,6H2,(H,18,23). The third-order valence-corrected chi connectivity index (χ3v) is 4.82. The number of rotatable bonds is 5. The lowest BCUT2D eigenvalue weighted by molar-refractivity contribution is -0.383. The zero-order valence-electron chi connectivity index (χ0n) is 12.6. The van der Waals surface area contributed by atoms with E-state index in [0.29, 0.717) is 20.8 Å². The van der Waals surface area contributed by atoms with Gasteiger partial charge in [-0.1, -0.05) is 46.6 Å². The number of carbonyl (C=O) groups excluding carboxylic acids is 1. The number of amides is 1. The maximum atomic E-state index is 12.1. The van der Waals surface area contributed by atoms with Crippen molar-refractivity contribution in [2.75, 3.05) is 11.1 Å². The molecule has 2 aromatic heterocycles. The first kappa shape index (κ1) is 18.7. The van der Waals surface area contributed by atoms with Gasteiger partial charge in [0.05, 0.1) is 20.7 Å². The molecule has 3 aromatic rings. The fraction of sp³-hybridized carbons (Fsp3) is 0.0714. The Kier molecular flexibility index (Phi) is 5.52. The largest absolute Gasteiger partial charge is 0.320 e. The highest BCUT2D eigenvalue weighted by Crippen LogP contribution is 2.29. The summed E-state index contributed by atoms with van der Waals surface area (Å²) in [5.41, 5.74) is 0.178. The first-order chi connectivity index (χ1) is 12.3. The Morgan fingerprint density at radius 3 is 2.73 bits per heavy atom. The summed E-state index contributed by atoms with van der Waals surface area (Å²) < 4.78 is 1.56. The van der Waals surface area contributed by atoms with Crippen molar-refractivity contribution in [3.05, 3.63) is 55.6 Å². The zero-order chi connectivity index (χ0) is 18.8. The smallest absolute Gasteiger partial charge is 0.294 e. The van der Waals surface area contributed by atoms with Crippen LogP contribution in [-0.2, 0) is 4.79 Å². The van der Waals surface area contributed by atoms with Gasteiger partial charge in [0.2, 0.25) is 5.91 Å². The van der Waals surface area contributed by atoms with Crippen molar-refractivity contribution in [2.24, 2.45) is 0 Å². The first-order valence-electron chi connectivity index (χ1n) is 6.91. The number of benzene rings is 1. The summed E-state index contributed by atoms with van der Waals surface area (Å²) in [5, 5.41) is 22.8. The summed E-state index contributed by atoms with van der Waals surface area (Å²) in [5.74, 6) is -0.504. The van der Waals surface area contributed by atoms with E-state index in [-0.39, 0.29) is 22.2 Å². The highest BCUT2D eigenvalue weighted by atomic mass is 35.5. The van der Waals surface area contributed by atoms with Gasteiger partial charge < -0.3 is 5.32 Å². The van der Waals surface area contributed by atoms with Crippen molar-refractivity contribution in [1.29, 1.82) is 0 Å². The van der Waals surface area contributed by atoms with Crippen LogP contribution in [0.25, 0.3) is 5.65 Å². The minimum atomic E-state index is -0.620. The molecule has 0 unspecified atom stereocenters. The molecule has 8 nitrogen and oxygen atoms in total. The van der Waals surface area contributed by atoms with E-state index in [1.165, 1.54) is 24.3 Å². The van der Waals surface area contributed by atoms with Gasteiger partial charge in [-0.05, 0) is 18.2 Å². The Bertz CT molecular complexity index is 1030. The molecule has 1 amide bonds. The molecule has 0 bridgehead atoms. The van der Waals surface area contributed by atoms with Crippen molar-refractivity contribution >= 4 is 69.5 Å². The molecular formula is C14H8Cl3N5O3S. The van der Waals surface area contributed by atoms with Crippen LogP contribution in [0.3, 0.4) is 0 Å². The van der Waals surface area contributed by atoms with E-state index >= 15 is 0 Å². The quantitative estimate of drug-likeness (QED) is 0.366. The van der Waals surface area contributed by atoms with Gasteiger partial charge in [0, 0.05) is 17.3 Å². The lowest BCUT2D eigenvalue weighted by Gasteiger charge is -2.06. The average molecular weight is 433 g/mol. The summed E-state index contributed by atoms with van der Waals surface area (Å²) in [7, 11) is 0. The monoisotopic (exact) mass is 431 g/mol. The number of nitrogens with one attached hydrogen (secondary N) is 1. The Labute approximate surface area is 165 Å². The number of anilines is 1. The predicted molar refractivity (Wildman–Crippen MR) is 100 cm³/mol. The number of carbonyl (C=O) groups is 1. The number of nitro benzene ring substituents is 1. The number of aromatic nitrogens is 3. The van der Waals surface area contributed by atoms with Crippen LogP contribution in [0, 0.1) is 10.1 Å². The molecule has 0 aliphatic rings. The Morgan fingerprint density at radius 2 is 2.00 bits per heavy atom. The molecule has 0 radical (unpaired) electrons. The fourth-order valence-corrected chi connectivity index (χ4v) is 3.46. The second-order valence-corrected chi connectivity index (χ2v) is 7.16. The minimum absolute atomic E-state index is 0.0509. The number of thioether (sulfide) groups is 1. The Hall–Kier alpha value is -2.07. The molecule has 134 valence electrons. The highest BCUT2D eigenvalue weighted by molar-refractivity contribution is 7.99. The Balaban J connectivity index is 1.73. The second-order valence-electron chi connectivity index (χ2n) is 4.94. The van der Waals surface area contributed by atoms with Gasteiger partial charge >= 0.3 is 0 Å². The van der Waals surface area contributed by atoms with Crippen LogP contribution in [0.2, 0.25) is 15.1 Å². The van der Waals surface area contributed by atoms with Crippen LogP contribution in [-0.4, -0.2) is 31.2 Å². The number of pyridine rings is 1. The number of halogens is 3. The molecule has 0 aliphatic carbocycles. The number of hydrogen-bond acceptors (Lipinski definition) is 6. The molecule has 0 saturated carbocycles. The molecule has 26 heavy (non-hydrogen) atoms. The lowest BCUT2D eigenvalue weighted by Crippen LogP contribution is -2.15. The summed E-state index contributed by atoms with van der Waals surface area (Å²) >= 11 is 18.8. The van der Waals surface area contributed by atoms with Gasteiger partial charge in [-0.25, -0.2) is 0 Å². The molecule has 1 N–H and O–H groups in total. The van der Waals surface area contributed by atoms with Gasteiger partial charge in [0.25, 0.3) is 5.69 Å². The van der Waals surface area contributed by atoms with Gasteiger partial charge in [0.1, 0.15) is 5.69 Å². The van der Waals surface area contributed by atoms with Gasteiger partial charge in [-0.2, -0.15) is 0 Å². The van der Waals surface area contributed by atoms with Gasteiger partial charge in [0.15, 0.2) is 10.8 Å². The summed E-state index contributed by atoms with van der Waals surface area (Å²) in [6.45, 7) is 0. The van der Waals surface area contributed by atoms with Crippen LogP contribution in [0.15, 0.2) is 35.6 Å². The molecule has 1 aromatic carbocycles. The van der Waals surface area contributed by atoms with E-state index in [1.54, 1.807) is 10.6 Å². The maximum absolute atomic E-state index is 12.1. The van der Waals surface area contributed by atoms with E-state index in [9.17, 15) is 14.9 Å². The first-order valence-corrected chi connectivity index (χ1v) is 9.03. The lowest BCUT2D eigenvalue weighted by atomic mass is 10.2. The number of nitrogens with zero attached hydrogens (tertiary/aromatic N) is 4. The van der Waals surface area contributed by atoms with E-state index in [0.717, 1.165) is 11.8 Å². The number of hydrogen-bond donors (Lipinski definition) is 1. The molecule has 12 heteroatoms. The zero-order valence-corrected chi connectivity index (χ0v) is 15.7. The average Bonchev–Trinajstić information content (AvgIpc) is 2.97. The topological polar surface area (TPSA) is 102 Å². The highest BCUT2D eigenvalue weighted by Gasteiger charge is 2.17. The molecule has 0 saturated heterocycles. The summed E-state index contributed by atoms with van der Waals surface area (Å²) in [4.78, 5) is 22.6. The Morgan fingerprint density at radius 1 is 1.23 bits per heavy atom. The van der Waals surface area contributed by atoms with E-state index in [4.69, 9.17) is 34.8 Å². The van der Waals surface area contributed by atoms with Crippen LogP contribution in [0.5, 0.6) is 0 Å². The molecule has 2 heterocycles. The molecule has 0 fully saturated rings. The molecule has 0 atom stereocenters. The van der Waals surface area contributed by atoms with Crippen molar-refractivity contribution in [1.82, 2.24) is 14.6 Å². The van der Waals surface area contributed by atoms with E-state index in [2.05, 4.69) is 15.5 Å². The van der Waals surface area contributed by atoms with E-state index in [1.807, 2.05) is 0 Å². The molecule has 0 spiro atoms. The second kappa shape index (κ2) is 7.67. The normalized spacial score (nSPS) is 10.9. The molecule has 3 rings (SSSR count). The van der Waals surface area contributed by atoms with Gasteiger partial charge in [-0.15, -0.1) is 10.2 Å².